The monoisotopic (exact) mass is 312 g/mol. The number of hydrogen-bond donors (Lipinski definition) is 0. The predicted molar refractivity (Wildman–Crippen MR) is 75.9 cm³/mol. The summed E-state index contributed by atoms with van der Waals surface area (Å²) in [6, 6.07) is 14.4. The number of hydrogen-bond acceptors (Lipinski definition) is 4. The Labute approximate surface area is 147 Å². The number of carbonyl (C=O) groups excluding carboxylic acids is 1. The first-order valence-electron chi connectivity index (χ1n) is 5.79. The number of carbonyl (C=O) groups is 1. The third kappa shape index (κ3) is 4.04. The second-order valence-corrected chi connectivity index (χ2v) is 5.45. The second kappa shape index (κ2) is 7.56. The molecular formula is C15H13NaO4S. The fourth-order valence-electron chi connectivity index (χ4n) is 1.76. The molecule has 0 saturated carbocycles. The largest absolute Gasteiger partial charge is 1.00 e. The Morgan fingerprint density at radius 1 is 1.05 bits per heavy atom. The van der Waals surface area contributed by atoms with Crippen LogP contribution < -0.4 is 29.6 Å². The zero-order valence-electron chi connectivity index (χ0n) is 12.5. The molecule has 0 bridgehead atoms. The molecule has 6 heteroatoms. The average Bonchev–Trinajstić information content (AvgIpc) is 2.47. The molecule has 104 valence electrons. The van der Waals surface area contributed by atoms with E-state index in [1.54, 1.807) is 36.4 Å². The maximum atomic E-state index is 12.4. The van der Waals surface area contributed by atoms with Gasteiger partial charge in [0.05, 0.1) is 6.26 Å². The van der Waals surface area contributed by atoms with E-state index in [0.717, 1.165) is 6.26 Å². The quantitative estimate of drug-likeness (QED) is 0.334. The summed E-state index contributed by atoms with van der Waals surface area (Å²) in [6.07, 6.45) is 0.819. The minimum absolute atomic E-state index is 0. The summed E-state index contributed by atoms with van der Waals surface area (Å²) in [7, 11) is -4.03. The molecule has 0 heterocycles. The van der Waals surface area contributed by atoms with Gasteiger partial charge in [0.25, 0.3) is 0 Å². The second-order valence-electron chi connectivity index (χ2n) is 3.91. The number of rotatable bonds is 5. The Morgan fingerprint density at radius 3 is 2.24 bits per heavy atom. The molecule has 4 nitrogen and oxygen atoms in total. The zero-order chi connectivity index (χ0) is 14.6. The van der Waals surface area contributed by atoms with E-state index >= 15 is 0 Å². The third-order valence-electron chi connectivity index (χ3n) is 2.63. The fourth-order valence-corrected chi connectivity index (χ4v) is 2.72. The molecule has 0 aliphatic rings. The van der Waals surface area contributed by atoms with Crippen molar-refractivity contribution in [2.75, 3.05) is 0 Å². The van der Waals surface area contributed by atoms with Crippen LogP contribution >= 0.6 is 0 Å². The van der Waals surface area contributed by atoms with Crippen LogP contribution in [0.1, 0.15) is 17.3 Å². The van der Waals surface area contributed by atoms with Gasteiger partial charge < -0.3 is 5.61 Å². The topological polar surface area (TPSA) is 60.4 Å². The van der Waals surface area contributed by atoms with Crippen molar-refractivity contribution in [1.29, 1.82) is 0 Å². The van der Waals surface area contributed by atoms with Crippen LogP contribution in [-0.2, 0) is 14.3 Å². The first-order valence-corrected chi connectivity index (χ1v) is 7.20. The summed E-state index contributed by atoms with van der Waals surface area (Å²) in [6.45, 7) is 3.22. The summed E-state index contributed by atoms with van der Waals surface area (Å²) in [5, 5.41) is 0. The SMILES string of the molecule is C=COS(=O)(=O)c1ccccc1C(=O)c1ccccc1.[H-].[Na+]. The van der Waals surface area contributed by atoms with Gasteiger partial charge in [-0.15, -0.1) is 0 Å². The number of ketones is 1. The molecule has 0 aliphatic carbocycles. The van der Waals surface area contributed by atoms with E-state index in [0.29, 0.717) is 5.56 Å². The molecule has 0 atom stereocenters. The van der Waals surface area contributed by atoms with Gasteiger partial charge in [-0.25, -0.2) is 0 Å². The summed E-state index contributed by atoms with van der Waals surface area (Å²) in [4.78, 5) is 12.2. The standard InChI is InChI=1S/C15H12O4S.Na.H/c1-2-19-20(17,18)14-11-7-6-10-13(14)15(16)12-8-4-3-5-9-12;;/h2-11H,1H2;;/q;+1;-1. The van der Waals surface area contributed by atoms with E-state index in [2.05, 4.69) is 10.8 Å². The van der Waals surface area contributed by atoms with E-state index in [-0.39, 0.29) is 47.2 Å². The smallest absolute Gasteiger partial charge is 1.00 e. The van der Waals surface area contributed by atoms with Crippen molar-refractivity contribution in [2.45, 2.75) is 4.90 Å². The predicted octanol–water partition coefficient (Wildman–Crippen LogP) is -0.117. The van der Waals surface area contributed by atoms with Crippen LogP contribution in [0.5, 0.6) is 0 Å². The molecule has 0 amide bonds. The summed E-state index contributed by atoms with van der Waals surface area (Å²) >= 11 is 0. The summed E-state index contributed by atoms with van der Waals surface area (Å²) in [5.41, 5.74) is 0.481. The van der Waals surface area contributed by atoms with Crippen LogP contribution in [0, 0.1) is 0 Å². The van der Waals surface area contributed by atoms with Gasteiger partial charge in [0.15, 0.2) is 5.78 Å². The van der Waals surface area contributed by atoms with Crippen molar-refractivity contribution >= 4 is 15.9 Å². The van der Waals surface area contributed by atoms with E-state index in [9.17, 15) is 13.2 Å². The van der Waals surface area contributed by atoms with E-state index in [1.807, 2.05) is 0 Å². The first-order chi connectivity index (χ1) is 9.56. The molecule has 0 spiro atoms. The van der Waals surface area contributed by atoms with Crippen molar-refractivity contribution in [3.63, 3.8) is 0 Å². The van der Waals surface area contributed by atoms with Crippen LogP contribution in [0.25, 0.3) is 0 Å². The Bertz CT molecular complexity index is 745. The Balaban J connectivity index is 0.00000220. The van der Waals surface area contributed by atoms with Gasteiger partial charge in [-0.3, -0.25) is 4.79 Å². The van der Waals surface area contributed by atoms with Gasteiger partial charge in [-0.2, -0.15) is 8.42 Å². The molecule has 0 saturated heterocycles. The van der Waals surface area contributed by atoms with E-state index < -0.39 is 10.1 Å². The molecule has 0 aliphatic heterocycles. The van der Waals surface area contributed by atoms with Crippen LogP contribution in [-0.4, -0.2) is 14.2 Å². The van der Waals surface area contributed by atoms with E-state index in [1.165, 1.54) is 18.2 Å². The van der Waals surface area contributed by atoms with Crippen molar-refractivity contribution in [3.05, 3.63) is 78.6 Å². The molecule has 2 aromatic rings. The Hall–Kier alpha value is -1.40. The molecule has 0 aromatic heterocycles. The van der Waals surface area contributed by atoms with Crippen LogP contribution in [0.4, 0.5) is 0 Å². The minimum atomic E-state index is -4.03. The van der Waals surface area contributed by atoms with E-state index in [4.69, 9.17) is 0 Å². The van der Waals surface area contributed by atoms with Gasteiger partial charge in [-0.1, -0.05) is 49.0 Å². The Morgan fingerprint density at radius 2 is 1.62 bits per heavy atom. The molecular weight excluding hydrogens is 299 g/mol. The van der Waals surface area contributed by atoms with Crippen molar-refractivity contribution < 1.29 is 48.4 Å². The summed E-state index contributed by atoms with van der Waals surface area (Å²) in [5.74, 6) is -0.377. The maximum Gasteiger partial charge on any atom is 1.00 e. The molecule has 21 heavy (non-hydrogen) atoms. The minimum Gasteiger partial charge on any atom is -1.00 e. The normalized spacial score (nSPS) is 10.3. The van der Waals surface area contributed by atoms with Crippen LogP contribution in [0.2, 0.25) is 0 Å². The molecule has 2 aromatic carbocycles. The maximum absolute atomic E-state index is 12.4. The van der Waals surface area contributed by atoms with Gasteiger partial charge in [-0.05, 0) is 12.1 Å². The Kier molecular flexibility index (Phi) is 6.36. The molecule has 0 radical (unpaired) electrons. The van der Waals surface area contributed by atoms with Gasteiger partial charge in [0, 0.05) is 11.1 Å². The first kappa shape index (κ1) is 17.7. The van der Waals surface area contributed by atoms with Crippen LogP contribution in [0.15, 0.2) is 72.3 Å². The van der Waals surface area contributed by atoms with Gasteiger partial charge >= 0.3 is 39.7 Å². The fraction of sp³-hybridized carbons (Fsp3) is 0. The average molecular weight is 312 g/mol. The van der Waals surface area contributed by atoms with Crippen molar-refractivity contribution in [3.8, 4) is 0 Å². The van der Waals surface area contributed by atoms with Gasteiger partial charge in [0.2, 0.25) is 0 Å². The van der Waals surface area contributed by atoms with Crippen molar-refractivity contribution in [1.82, 2.24) is 0 Å². The molecule has 0 N–H and O–H groups in total. The van der Waals surface area contributed by atoms with Crippen molar-refractivity contribution in [2.24, 2.45) is 0 Å². The third-order valence-corrected chi connectivity index (χ3v) is 3.92. The zero-order valence-corrected chi connectivity index (χ0v) is 14.3. The molecule has 0 fully saturated rings. The molecule has 0 unspecified atom stereocenters. The summed E-state index contributed by atoms with van der Waals surface area (Å²) < 4.78 is 28.4. The van der Waals surface area contributed by atoms with Crippen LogP contribution in [0.3, 0.4) is 0 Å². The molecule has 2 rings (SSSR count). The van der Waals surface area contributed by atoms with Gasteiger partial charge in [0.1, 0.15) is 4.90 Å². The number of benzene rings is 2.